The number of hydrogen-bond acceptors (Lipinski definition) is 4. The molecule has 0 saturated heterocycles. The van der Waals surface area contributed by atoms with Crippen molar-refractivity contribution in [2.24, 2.45) is 0 Å². The monoisotopic (exact) mass is 290 g/mol. The van der Waals surface area contributed by atoms with E-state index in [1.54, 1.807) is 39.8 Å². The van der Waals surface area contributed by atoms with Gasteiger partial charge in [0, 0.05) is 0 Å². The Bertz CT molecular complexity index is 510. The van der Waals surface area contributed by atoms with Gasteiger partial charge in [0.25, 0.3) is 0 Å². The first kappa shape index (κ1) is 17.0. The highest BCUT2D eigenvalue weighted by Gasteiger charge is 2.22. The van der Waals surface area contributed by atoms with Gasteiger partial charge in [-0.25, -0.2) is 4.79 Å². The van der Waals surface area contributed by atoms with Crippen molar-refractivity contribution in [2.45, 2.75) is 51.9 Å². The fourth-order valence-corrected chi connectivity index (χ4v) is 1.77. The van der Waals surface area contributed by atoms with Crippen molar-refractivity contribution in [3.63, 3.8) is 0 Å². The zero-order valence-electron chi connectivity index (χ0n) is 12.9. The maximum Gasteiger partial charge on any atom is 0.407 e. The maximum absolute atomic E-state index is 11.8. The van der Waals surface area contributed by atoms with Crippen molar-refractivity contribution in [1.82, 2.24) is 5.32 Å². The summed E-state index contributed by atoms with van der Waals surface area (Å²) in [6.45, 7) is 6.96. The van der Waals surface area contributed by atoms with Crippen molar-refractivity contribution in [3.8, 4) is 6.07 Å². The normalized spacial score (nSPS) is 13.9. The van der Waals surface area contributed by atoms with Crippen molar-refractivity contribution >= 4 is 6.09 Å². The number of amides is 1. The minimum Gasteiger partial charge on any atom is -0.444 e. The number of aliphatic hydroxyl groups excluding tert-OH is 1. The smallest absolute Gasteiger partial charge is 0.407 e. The molecule has 1 rings (SSSR count). The van der Waals surface area contributed by atoms with Crippen LogP contribution in [0.15, 0.2) is 24.3 Å². The highest BCUT2D eigenvalue weighted by molar-refractivity contribution is 5.68. The van der Waals surface area contributed by atoms with Crippen LogP contribution in [0, 0.1) is 11.3 Å². The molecule has 1 unspecified atom stereocenters. The third-order valence-electron chi connectivity index (χ3n) is 2.82. The lowest BCUT2D eigenvalue weighted by atomic mass is 10.0. The molecule has 1 aromatic carbocycles. The van der Waals surface area contributed by atoms with Crippen molar-refractivity contribution in [2.75, 3.05) is 0 Å². The number of rotatable bonds is 4. The Morgan fingerprint density at radius 2 is 1.95 bits per heavy atom. The third-order valence-corrected chi connectivity index (χ3v) is 2.82. The van der Waals surface area contributed by atoms with E-state index >= 15 is 0 Å². The quantitative estimate of drug-likeness (QED) is 0.892. The van der Waals surface area contributed by atoms with Gasteiger partial charge in [-0.1, -0.05) is 12.1 Å². The largest absolute Gasteiger partial charge is 0.444 e. The van der Waals surface area contributed by atoms with Gasteiger partial charge in [0.15, 0.2) is 0 Å². The van der Waals surface area contributed by atoms with E-state index < -0.39 is 23.8 Å². The minimum atomic E-state index is -0.715. The van der Waals surface area contributed by atoms with Crippen LogP contribution in [0.5, 0.6) is 0 Å². The lowest BCUT2D eigenvalue weighted by Crippen LogP contribution is -2.45. The molecule has 5 heteroatoms. The minimum absolute atomic E-state index is 0.451. The molecule has 0 bridgehead atoms. The van der Waals surface area contributed by atoms with Crippen LogP contribution in [0.25, 0.3) is 0 Å². The van der Waals surface area contributed by atoms with Crippen molar-refractivity contribution in [1.29, 1.82) is 5.26 Å². The molecule has 0 aliphatic heterocycles. The van der Waals surface area contributed by atoms with Crippen molar-refractivity contribution in [3.05, 3.63) is 35.4 Å². The second-order valence-electron chi connectivity index (χ2n) is 6.01. The van der Waals surface area contributed by atoms with Crippen LogP contribution in [0.4, 0.5) is 4.79 Å². The van der Waals surface area contributed by atoms with Crippen LogP contribution < -0.4 is 5.32 Å². The average molecular weight is 290 g/mol. The predicted octanol–water partition coefficient (Wildman–Crippen LogP) is 2.37. The van der Waals surface area contributed by atoms with Gasteiger partial charge in [-0.05, 0) is 51.8 Å². The van der Waals surface area contributed by atoms with Crippen LogP contribution in [0.3, 0.4) is 0 Å². The zero-order valence-corrected chi connectivity index (χ0v) is 12.9. The summed E-state index contributed by atoms with van der Waals surface area (Å²) in [6, 6.07) is 8.64. The third kappa shape index (κ3) is 6.28. The molecule has 1 aromatic rings. The molecule has 2 atom stereocenters. The fraction of sp³-hybridized carbons (Fsp3) is 0.500. The second-order valence-corrected chi connectivity index (χ2v) is 6.01. The van der Waals surface area contributed by atoms with E-state index in [0.717, 1.165) is 5.56 Å². The standard InChI is InChI=1S/C16H22N2O3/c1-11(19)14(18-15(20)21-16(2,3)4)9-12-5-7-13(10-17)8-6-12/h5-8,11,14,19H,9H2,1-4H3,(H,18,20)/t11?,14-/m1/s1. The summed E-state index contributed by atoms with van der Waals surface area (Å²) < 4.78 is 5.19. The topological polar surface area (TPSA) is 82.4 Å². The molecule has 0 saturated carbocycles. The fourth-order valence-electron chi connectivity index (χ4n) is 1.77. The van der Waals surface area contributed by atoms with E-state index in [1.807, 2.05) is 18.2 Å². The summed E-state index contributed by atoms with van der Waals surface area (Å²) in [5.41, 5.74) is 0.922. The first-order valence-corrected chi connectivity index (χ1v) is 6.88. The lowest BCUT2D eigenvalue weighted by molar-refractivity contribution is 0.0437. The number of carbonyl (C=O) groups is 1. The molecule has 0 aliphatic carbocycles. The average Bonchev–Trinajstić information content (AvgIpc) is 2.36. The summed E-state index contributed by atoms with van der Waals surface area (Å²) in [5.74, 6) is 0. The van der Waals surface area contributed by atoms with Gasteiger partial charge < -0.3 is 15.2 Å². The first-order valence-electron chi connectivity index (χ1n) is 6.88. The Kier molecular flexibility index (Phi) is 5.74. The molecule has 21 heavy (non-hydrogen) atoms. The van der Waals surface area contributed by atoms with Crippen LogP contribution in [-0.2, 0) is 11.2 Å². The molecule has 0 heterocycles. The van der Waals surface area contributed by atoms with Crippen LogP contribution in [-0.4, -0.2) is 28.9 Å². The van der Waals surface area contributed by atoms with Gasteiger partial charge in [-0.3, -0.25) is 0 Å². The number of nitrogens with one attached hydrogen (secondary N) is 1. The Morgan fingerprint density at radius 1 is 1.38 bits per heavy atom. The van der Waals surface area contributed by atoms with E-state index in [1.165, 1.54) is 0 Å². The highest BCUT2D eigenvalue weighted by Crippen LogP contribution is 2.11. The van der Waals surface area contributed by atoms with Crippen molar-refractivity contribution < 1.29 is 14.6 Å². The Morgan fingerprint density at radius 3 is 2.38 bits per heavy atom. The van der Waals surface area contributed by atoms with E-state index in [4.69, 9.17) is 10.00 Å². The number of ether oxygens (including phenoxy) is 1. The molecule has 2 N–H and O–H groups in total. The highest BCUT2D eigenvalue weighted by atomic mass is 16.6. The molecular weight excluding hydrogens is 268 g/mol. The Balaban J connectivity index is 2.69. The summed E-state index contributed by atoms with van der Waals surface area (Å²) in [6.07, 6.45) is -0.807. The maximum atomic E-state index is 11.8. The van der Waals surface area contributed by atoms with Gasteiger partial charge >= 0.3 is 6.09 Å². The van der Waals surface area contributed by atoms with Gasteiger partial charge in [0.2, 0.25) is 0 Å². The molecule has 114 valence electrons. The SMILES string of the molecule is CC(O)[C@@H](Cc1ccc(C#N)cc1)NC(=O)OC(C)(C)C. The van der Waals surface area contributed by atoms with Gasteiger partial charge in [0.1, 0.15) is 5.60 Å². The summed E-state index contributed by atoms with van der Waals surface area (Å²) in [7, 11) is 0. The predicted molar refractivity (Wildman–Crippen MR) is 79.7 cm³/mol. The van der Waals surface area contributed by atoms with E-state index in [0.29, 0.717) is 12.0 Å². The molecular formula is C16H22N2O3. The number of nitrogens with zero attached hydrogens (tertiary/aromatic N) is 1. The molecule has 0 radical (unpaired) electrons. The van der Waals surface area contributed by atoms with Crippen LogP contribution in [0.1, 0.15) is 38.8 Å². The first-order chi connectivity index (χ1) is 9.71. The summed E-state index contributed by atoms with van der Waals surface area (Å²) in [4.78, 5) is 11.8. The number of nitriles is 1. The number of benzene rings is 1. The van der Waals surface area contributed by atoms with Crippen LogP contribution >= 0.6 is 0 Å². The Labute approximate surface area is 125 Å². The molecule has 0 fully saturated rings. The number of alkyl carbamates (subject to hydrolysis) is 1. The lowest BCUT2D eigenvalue weighted by Gasteiger charge is -2.25. The Hall–Kier alpha value is -2.06. The van der Waals surface area contributed by atoms with Gasteiger partial charge in [-0.15, -0.1) is 0 Å². The summed E-state index contributed by atoms with van der Waals surface area (Å²) in [5, 5.41) is 21.2. The molecule has 0 spiro atoms. The van der Waals surface area contributed by atoms with Gasteiger partial charge in [-0.2, -0.15) is 5.26 Å². The molecule has 0 aliphatic rings. The molecule has 1 amide bonds. The number of aliphatic hydroxyl groups is 1. The molecule has 0 aromatic heterocycles. The zero-order chi connectivity index (χ0) is 16.0. The number of carbonyl (C=O) groups excluding carboxylic acids is 1. The second kappa shape index (κ2) is 7.09. The van der Waals surface area contributed by atoms with Crippen LogP contribution in [0.2, 0.25) is 0 Å². The van der Waals surface area contributed by atoms with E-state index in [-0.39, 0.29) is 0 Å². The number of hydrogen-bond donors (Lipinski definition) is 2. The van der Waals surface area contributed by atoms with E-state index in [9.17, 15) is 9.90 Å². The van der Waals surface area contributed by atoms with E-state index in [2.05, 4.69) is 5.32 Å². The summed E-state index contributed by atoms with van der Waals surface area (Å²) >= 11 is 0. The van der Waals surface area contributed by atoms with Gasteiger partial charge in [0.05, 0.1) is 23.8 Å². The molecule has 5 nitrogen and oxygen atoms in total.